The van der Waals surface area contributed by atoms with Crippen LogP contribution in [0.1, 0.15) is 30.7 Å². The minimum absolute atomic E-state index is 0.133. The number of hydrogen-bond donors (Lipinski definition) is 0. The standard InChI is InChI=1S/C39H27NO3/c1-39(2)33-21-27(40(25-13-5-3-6-14-25)26-15-7-4-8-16-26)19-20-29(33)38-34(39)23-28(43-38)22-32-36(41)30-17-9-11-24-12-10-18-31(35(24)30)37(32)42/h3-23H,1-2H3. The third-order valence-electron chi connectivity index (χ3n) is 8.80. The van der Waals surface area contributed by atoms with Crippen molar-refractivity contribution in [3.05, 3.63) is 164 Å². The summed E-state index contributed by atoms with van der Waals surface area (Å²) in [6, 6.07) is 40.3. The van der Waals surface area contributed by atoms with Crippen molar-refractivity contribution >= 4 is 44.7 Å². The lowest BCUT2D eigenvalue weighted by Gasteiger charge is -2.27. The number of furan rings is 1. The number of rotatable bonds is 4. The monoisotopic (exact) mass is 557 g/mol. The van der Waals surface area contributed by atoms with Gasteiger partial charge in [0.2, 0.25) is 0 Å². The third-order valence-corrected chi connectivity index (χ3v) is 8.80. The van der Waals surface area contributed by atoms with Gasteiger partial charge in [-0.25, -0.2) is 0 Å². The van der Waals surface area contributed by atoms with E-state index in [2.05, 4.69) is 61.2 Å². The third kappa shape index (κ3) is 3.76. The molecule has 0 atom stereocenters. The van der Waals surface area contributed by atoms with E-state index in [1.807, 2.05) is 66.7 Å². The summed E-state index contributed by atoms with van der Waals surface area (Å²) in [5.41, 5.74) is 5.56. The quantitative estimate of drug-likeness (QED) is 0.220. The Labute approximate surface area is 248 Å². The SMILES string of the molecule is CC1(C)c2cc(N(c3ccccc3)c3ccccc3)ccc2-c2oc(C=c3c(=O)c4cccc5cccc(c3=O)c54)cc21. The topological polar surface area (TPSA) is 50.5 Å². The molecule has 7 aromatic rings. The number of hydrogen-bond acceptors (Lipinski definition) is 4. The molecule has 0 saturated heterocycles. The summed E-state index contributed by atoms with van der Waals surface area (Å²) in [5, 5.41) is 2.86. The Hall–Kier alpha value is -5.48. The summed E-state index contributed by atoms with van der Waals surface area (Å²) in [6.45, 7) is 4.38. The van der Waals surface area contributed by atoms with E-state index in [4.69, 9.17) is 4.42 Å². The Bertz CT molecular complexity index is 2250. The van der Waals surface area contributed by atoms with Gasteiger partial charge in [0, 0.05) is 49.8 Å². The van der Waals surface area contributed by atoms with Gasteiger partial charge in [0.25, 0.3) is 0 Å². The van der Waals surface area contributed by atoms with Gasteiger partial charge in [-0.1, -0.05) is 86.6 Å². The summed E-state index contributed by atoms with van der Waals surface area (Å²) in [6.07, 6.45) is 1.62. The molecule has 206 valence electrons. The molecule has 1 aliphatic rings. The van der Waals surface area contributed by atoms with Crippen molar-refractivity contribution in [1.29, 1.82) is 0 Å². The summed E-state index contributed by atoms with van der Waals surface area (Å²) in [7, 11) is 0. The van der Waals surface area contributed by atoms with Gasteiger partial charge >= 0.3 is 0 Å². The zero-order valence-electron chi connectivity index (χ0n) is 23.8. The van der Waals surface area contributed by atoms with Crippen LogP contribution in [0.25, 0.3) is 38.9 Å². The minimum atomic E-state index is -0.348. The molecular formula is C39H27NO3. The number of para-hydroxylation sites is 2. The summed E-state index contributed by atoms with van der Waals surface area (Å²) in [5.74, 6) is 1.29. The average Bonchev–Trinajstić information content (AvgIpc) is 3.55. The molecule has 0 radical (unpaired) electrons. The highest BCUT2D eigenvalue weighted by molar-refractivity contribution is 6.09. The van der Waals surface area contributed by atoms with Crippen molar-refractivity contribution in [2.24, 2.45) is 0 Å². The minimum Gasteiger partial charge on any atom is -0.456 e. The van der Waals surface area contributed by atoms with Gasteiger partial charge < -0.3 is 9.32 Å². The van der Waals surface area contributed by atoms with E-state index in [9.17, 15) is 9.59 Å². The fourth-order valence-corrected chi connectivity index (χ4v) is 6.66. The van der Waals surface area contributed by atoms with Crippen LogP contribution in [0.2, 0.25) is 0 Å². The summed E-state index contributed by atoms with van der Waals surface area (Å²) < 4.78 is 6.42. The Kier molecular flexibility index (Phi) is 5.44. The molecule has 0 aliphatic heterocycles. The first-order valence-corrected chi connectivity index (χ1v) is 14.4. The highest BCUT2D eigenvalue weighted by atomic mass is 16.3. The molecule has 0 spiro atoms. The second-order valence-corrected chi connectivity index (χ2v) is 11.7. The Morgan fingerprint density at radius 1 is 0.628 bits per heavy atom. The highest BCUT2D eigenvalue weighted by Gasteiger charge is 2.39. The highest BCUT2D eigenvalue weighted by Crippen LogP contribution is 2.52. The maximum Gasteiger partial charge on any atom is 0.197 e. The van der Waals surface area contributed by atoms with Crippen molar-refractivity contribution < 1.29 is 4.42 Å². The van der Waals surface area contributed by atoms with E-state index in [0.717, 1.165) is 44.7 Å². The van der Waals surface area contributed by atoms with Crippen LogP contribution in [0, 0.1) is 0 Å². The largest absolute Gasteiger partial charge is 0.456 e. The van der Waals surface area contributed by atoms with E-state index >= 15 is 0 Å². The molecular weight excluding hydrogens is 530 g/mol. The van der Waals surface area contributed by atoms with E-state index in [0.29, 0.717) is 16.5 Å². The van der Waals surface area contributed by atoms with E-state index in [1.54, 1.807) is 18.2 Å². The molecule has 1 aliphatic carbocycles. The number of fused-ring (bicyclic) bond motifs is 3. The maximum absolute atomic E-state index is 13.5. The molecule has 6 aromatic carbocycles. The molecule has 4 nitrogen and oxygen atoms in total. The van der Waals surface area contributed by atoms with Crippen molar-refractivity contribution in [2.45, 2.75) is 19.3 Å². The first kappa shape index (κ1) is 25.2. The van der Waals surface area contributed by atoms with Gasteiger partial charge in [0.05, 0.1) is 5.22 Å². The van der Waals surface area contributed by atoms with Crippen LogP contribution in [0.15, 0.2) is 135 Å². The Morgan fingerprint density at radius 2 is 1.23 bits per heavy atom. The van der Waals surface area contributed by atoms with Gasteiger partial charge in [-0.2, -0.15) is 0 Å². The summed E-state index contributed by atoms with van der Waals surface area (Å²) >= 11 is 0. The molecule has 0 amide bonds. The molecule has 1 aromatic heterocycles. The lowest BCUT2D eigenvalue weighted by Crippen LogP contribution is -2.38. The Balaban J connectivity index is 1.27. The maximum atomic E-state index is 13.5. The van der Waals surface area contributed by atoms with Crippen LogP contribution in [0.4, 0.5) is 17.1 Å². The fourth-order valence-electron chi connectivity index (χ4n) is 6.66. The zero-order chi connectivity index (χ0) is 29.3. The van der Waals surface area contributed by atoms with Crippen LogP contribution in [0.5, 0.6) is 0 Å². The average molecular weight is 558 g/mol. The van der Waals surface area contributed by atoms with E-state index < -0.39 is 0 Å². The Morgan fingerprint density at radius 3 is 1.84 bits per heavy atom. The smallest absolute Gasteiger partial charge is 0.197 e. The lowest BCUT2D eigenvalue weighted by molar-refractivity contribution is 0.569. The molecule has 0 bridgehead atoms. The van der Waals surface area contributed by atoms with Crippen molar-refractivity contribution in [1.82, 2.24) is 0 Å². The molecule has 0 saturated carbocycles. The van der Waals surface area contributed by atoms with Crippen LogP contribution >= 0.6 is 0 Å². The van der Waals surface area contributed by atoms with Gasteiger partial charge in [-0.15, -0.1) is 0 Å². The fraction of sp³-hybridized carbons (Fsp3) is 0.0769. The normalized spacial score (nSPS) is 13.3. The first-order chi connectivity index (χ1) is 20.9. The molecule has 4 heteroatoms. The van der Waals surface area contributed by atoms with E-state index in [-0.39, 0.29) is 21.5 Å². The van der Waals surface area contributed by atoms with Crippen LogP contribution in [-0.2, 0) is 5.41 Å². The van der Waals surface area contributed by atoms with Crippen LogP contribution in [0.3, 0.4) is 0 Å². The zero-order valence-corrected chi connectivity index (χ0v) is 23.8. The van der Waals surface area contributed by atoms with Gasteiger partial charge in [-0.3, -0.25) is 9.59 Å². The van der Waals surface area contributed by atoms with E-state index in [1.165, 1.54) is 5.56 Å². The molecule has 0 N–H and O–H groups in total. The lowest BCUT2D eigenvalue weighted by atomic mass is 9.82. The molecule has 0 unspecified atom stereocenters. The second kappa shape index (κ2) is 9.27. The van der Waals surface area contributed by atoms with Gasteiger partial charge in [-0.05, 0) is 65.6 Å². The van der Waals surface area contributed by atoms with Crippen molar-refractivity contribution in [3.63, 3.8) is 0 Å². The number of nitrogens with zero attached hydrogens (tertiary/aromatic N) is 1. The molecule has 43 heavy (non-hydrogen) atoms. The van der Waals surface area contributed by atoms with Crippen molar-refractivity contribution in [2.75, 3.05) is 4.90 Å². The molecule has 8 rings (SSSR count). The molecule has 1 heterocycles. The number of benzene rings is 6. The predicted octanol–water partition coefficient (Wildman–Crippen LogP) is 8.07. The predicted molar refractivity (Wildman–Crippen MR) is 175 cm³/mol. The second-order valence-electron chi connectivity index (χ2n) is 11.7. The first-order valence-electron chi connectivity index (χ1n) is 14.4. The van der Waals surface area contributed by atoms with Crippen LogP contribution < -0.4 is 21.0 Å². The summed E-state index contributed by atoms with van der Waals surface area (Å²) in [4.78, 5) is 29.3. The van der Waals surface area contributed by atoms with Gasteiger partial charge in [0.15, 0.2) is 10.9 Å². The van der Waals surface area contributed by atoms with Crippen molar-refractivity contribution in [3.8, 4) is 11.3 Å². The molecule has 0 fully saturated rings. The van der Waals surface area contributed by atoms with Gasteiger partial charge in [0.1, 0.15) is 11.5 Å². The number of anilines is 3. The van der Waals surface area contributed by atoms with Crippen LogP contribution in [-0.4, -0.2) is 0 Å².